The molecule has 0 aliphatic heterocycles. The fourth-order valence-electron chi connectivity index (χ4n) is 2.53. The van der Waals surface area contributed by atoms with Gasteiger partial charge in [0.15, 0.2) is 0 Å². The van der Waals surface area contributed by atoms with Gasteiger partial charge >= 0.3 is 5.97 Å². The smallest absolute Gasteiger partial charge is 0.351 e. The van der Waals surface area contributed by atoms with E-state index in [9.17, 15) is 14.1 Å². The summed E-state index contributed by atoms with van der Waals surface area (Å²) in [5.74, 6) is -0.414. The molecule has 9 nitrogen and oxygen atoms in total. The monoisotopic (exact) mass is 723 g/mol. The Kier molecular flexibility index (Phi) is 40.5. The number of methoxy groups -OCH3 is 1. The van der Waals surface area contributed by atoms with Crippen molar-refractivity contribution in [3.63, 3.8) is 0 Å². The van der Waals surface area contributed by atoms with E-state index in [0.29, 0.717) is 12.3 Å². The van der Waals surface area contributed by atoms with Crippen LogP contribution in [0.3, 0.4) is 0 Å². The summed E-state index contributed by atoms with van der Waals surface area (Å²) >= 11 is 0. The van der Waals surface area contributed by atoms with Crippen LogP contribution in [0.5, 0.6) is 0 Å². The van der Waals surface area contributed by atoms with Crippen LogP contribution in [0.2, 0.25) is 0 Å². The minimum atomic E-state index is -0.983. The summed E-state index contributed by atoms with van der Waals surface area (Å²) in [4.78, 5) is 37.0. The number of halogens is 1. The van der Waals surface area contributed by atoms with Gasteiger partial charge in [-0.3, -0.25) is 14.5 Å². The second-order valence-corrected chi connectivity index (χ2v) is 7.18. The van der Waals surface area contributed by atoms with Crippen LogP contribution in [0.4, 0.5) is 4.53 Å². The van der Waals surface area contributed by atoms with E-state index in [0.717, 1.165) is 19.1 Å². The minimum Gasteiger partial charge on any atom is -0.443 e. The molecule has 204 valence electrons. The third-order valence-electron chi connectivity index (χ3n) is 4.14. The largest absolute Gasteiger partial charge is 0.443 e. The second-order valence-electron chi connectivity index (χ2n) is 7.18. The molecular formula is C22H45FFmN3O6-. The molecule has 3 N–H and O–H groups in total. The van der Waals surface area contributed by atoms with Gasteiger partial charge in [-0.2, -0.15) is 5.26 Å². The van der Waals surface area contributed by atoms with Crippen molar-refractivity contribution in [2.24, 2.45) is 17.6 Å². The van der Waals surface area contributed by atoms with Gasteiger partial charge < -0.3 is 27.9 Å². The van der Waals surface area contributed by atoms with Gasteiger partial charge in [0.05, 0.1) is 18.6 Å². The number of aliphatic hydroxyl groups is 1. The molecule has 0 saturated heterocycles. The molecule has 0 spiro atoms. The molecule has 0 aromatic rings. The van der Waals surface area contributed by atoms with Gasteiger partial charge in [-0.15, -0.1) is 0 Å². The van der Waals surface area contributed by atoms with Gasteiger partial charge in [-0.1, -0.05) is 54.4 Å². The van der Waals surface area contributed by atoms with Gasteiger partial charge in [0.1, 0.15) is 0 Å². The normalized spacial score (nSPS) is 11.3. The summed E-state index contributed by atoms with van der Waals surface area (Å²) in [6.45, 7) is 12.4. The molecular weight excluding hydrogens is 678 g/mol. The summed E-state index contributed by atoms with van der Waals surface area (Å²) in [6.07, 6.45) is 3.51. The molecule has 0 aromatic heterocycles. The molecule has 0 fully saturated rings. The standard InChI is InChI=1S/C16H30FNO4.C3H8.CH3NO.CHNO.CH3.Fm/c1-7-12(4)16(13(21-6)10-15(20)22-17)18(5)14(19)9-8-11(2)3;1-3-2;2*2-1-3;;/h11-13,16H,7-10H2,1-6H3;3H2,1-2H3;1H,(H2,2,3);3H;1H3;/q;;;;-1;. The molecule has 3 unspecified atom stereocenters. The number of amides is 2. The number of nitriles is 1. The predicted octanol–water partition coefficient (Wildman–Crippen LogP) is 3.94. The SMILES string of the molecule is CCC.CCC(C)C(C(CC(=O)OF)OC)N(C)C(=O)CCC(C)C.N#CO.NC=O.[CH3-].[Fm]. The van der Waals surface area contributed by atoms with Crippen LogP contribution in [0, 0.1) is 30.8 Å². The van der Waals surface area contributed by atoms with Crippen LogP contribution in [0.1, 0.15) is 73.6 Å². The first-order valence-electron chi connectivity index (χ1n) is 10.3. The first kappa shape index (κ1) is 43.5. The number of likely N-dealkylation sites (N-methyl/N-ethyl adjacent to an activating group) is 1. The fourth-order valence-corrected chi connectivity index (χ4v) is 2.53. The zero-order valence-corrected chi connectivity index (χ0v) is 24.0. The Labute approximate surface area is 193 Å². The van der Waals surface area contributed by atoms with E-state index in [4.69, 9.17) is 19.9 Å². The van der Waals surface area contributed by atoms with Crippen molar-refractivity contribution in [3.05, 3.63) is 7.43 Å². The Morgan fingerprint density at radius 3 is 1.91 bits per heavy atom. The van der Waals surface area contributed by atoms with Crippen molar-refractivity contribution in [2.75, 3.05) is 14.2 Å². The van der Waals surface area contributed by atoms with Crippen molar-refractivity contribution >= 4 is 18.3 Å². The summed E-state index contributed by atoms with van der Waals surface area (Å²) < 4.78 is 17.4. The maximum absolute atomic E-state index is 12.4. The zero-order chi connectivity index (χ0) is 25.4. The van der Waals surface area contributed by atoms with Crippen LogP contribution in [-0.4, -0.2) is 54.6 Å². The molecule has 0 aliphatic carbocycles. The molecule has 0 saturated carbocycles. The van der Waals surface area contributed by atoms with E-state index < -0.39 is 12.1 Å². The van der Waals surface area contributed by atoms with Gasteiger partial charge in [-0.05, 0) is 18.3 Å². The second kappa shape index (κ2) is 30.8. The van der Waals surface area contributed by atoms with Crippen molar-refractivity contribution in [1.82, 2.24) is 4.90 Å². The first-order chi connectivity index (χ1) is 14.5. The number of aliphatic hydroxyl groups excluding tert-OH is 1. The molecule has 3 atom stereocenters. The van der Waals surface area contributed by atoms with E-state index in [1.165, 1.54) is 13.5 Å². The van der Waals surface area contributed by atoms with E-state index in [1.54, 1.807) is 11.9 Å². The van der Waals surface area contributed by atoms with Gasteiger partial charge in [-0.25, -0.2) is 4.79 Å². The van der Waals surface area contributed by atoms with Crippen molar-refractivity contribution in [3.8, 4) is 6.26 Å². The Hall–Kier alpha value is -3.41. The van der Waals surface area contributed by atoms with Crippen LogP contribution >= 0.6 is 0 Å². The molecule has 0 radical (unpaired) electrons. The topological polar surface area (TPSA) is 143 Å². The fraction of sp³-hybridized carbons (Fsp3) is 0.773. The number of carbonyl (C=O) groups is 3. The molecule has 0 aromatic carbocycles. The molecule has 33 heavy (non-hydrogen) atoms. The maximum atomic E-state index is 12.4. The molecule has 2 amide bonds. The Balaban J connectivity index is -0.000000142. The average Bonchev–Trinajstić information content (AvgIpc) is 2.72. The van der Waals surface area contributed by atoms with E-state index >= 15 is 0 Å². The van der Waals surface area contributed by atoms with Crippen molar-refractivity contribution in [2.45, 2.75) is 85.8 Å². The predicted molar refractivity (Wildman–Crippen MR) is 123 cm³/mol. The van der Waals surface area contributed by atoms with E-state index in [2.05, 4.69) is 38.4 Å². The summed E-state index contributed by atoms with van der Waals surface area (Å²) in [5, 5.41) is 13.8. The van der Waals surface area contributed by atoms with Crippen LogP contribution < -0.4 is 5.73 Å². The third-order valence-corrected chi connectivity index (χ3v) is 4.14. The van der Waals surface area contributed by atoms with Crippen LogP contribution in [0.15, 0.2) is 0 Å². The van der Waals surface area contributed by atoms with Crippen LogP contribution in [0.25, 0.3) is 0 Å². The Morgan fingerprint density at radius 2 is 1.64 bits per heavy atom. The maximum Gasteiger partial charge on any atom is 0.351 e. The number of hydrogen-bond donors (Lipinski definition) is 2. The third kappa shape index (κ3) is 26.6. The number of ether oxygens (including phenoxy) is 1. The van der Waals surface area contributed by atoms with Gasteiger partial charge in [0, 0.05) is 25.1 Å². The number of primary amides is 1. The van der Waals surface area contributed by atoms with E-state index in [1.807, 2.05) is 13.8 Å². The molecule has 0 aliphatic rings. The van der Waals surface area contributed by atoms with Gasteiger partial charge in [0.2, 0.25) is 12.3 Å². The van der Waals surface area contributed by atoms with Crippen LogP contribution in [-0.2, 0) is 24.1 Å². The summed E-state index contributed by atoms with van der Waals surface area (Å²) in [6, 6.07) is -0.297. The average molecular weight is 724 g/mol. The van der Waals surface area contributed by atoms with Crippen molar-refractivity contribution in [1.29, 1.82) is 5.26 Å². The first-order valence-corrected chi connectivity index (χ1v) is 10.3. The van der Waals surface area contributed by atoms with Crippen molar-refractivity contribution < 1.29 is 33.7 Å². The Morgan fingerprint density at radius 1 is 1.24 bits per heavy atom. The molecule has 0 rings (SSSR count). The summed E-state index contributed by atoms with van der Waals surface area (Å²) in [7, 11) is 3.17. The zero-order valence-electron chi connectivity index (χ0n) is 21.5. The quantitative estimate of drug-likeness (QED) is 0.198. The molecule has 11 heteroatoms. The van der Waals surface area contributed by atoms with Gasteiger partial charge in [0.25, 0.3) is 6.26 Å². The number of nitrogens with two attached hydrogens (primary N) is 1. The Bertz CT molecular complexity index is 493. The molecule has 0 heterocycles. The number of hydrogen-bond acceptors (Lipinski definition) is 7. The van der Waals surface area contributed by atoms with E-state index in [-0.39, 0.29) is 38.1 Å². The number of nitrogens with zero attached hydrogens (tertiary/aromatic N) is 2. The number of carbonyl (C=O) groups excluding carboxylic acids is 3. The minimum absolute atomic E-state index is 0. The molecule has 0 bridgehead atoms. The summed E-state index contributed by atoms with van der Waals surface area (Å²) in [5.41, 5.74) is 4.17. The number of rotatable bonds is 10.